The van der Waals surface area contributed by atoms with E-state index in [9.17, 15) is 4.79 Å². The Morgan fingerprint density at radius 1 is 0.905 bits per heavy atom. The molecule has 0 fully saturated rings. The van der Waals surface area contributed by atoms with Crippen molar-refractivity contribution in [3.05, 3.63) is 0 Å². The van der Waals surface area contributed by atoms with Gasteiger partial charge < -0.3 is 14.8 Å². The van der Waals surface area contributed by atoms with Crippen LogP contribution in [0.5, 0.6) is 0 Å². The van der Waals surface area contributed by atoms with Gasteiger partial charge in [0.1, 0.15) is 5.78 Å². The lowest BCUT2D eigenvalue weighted by Crippen LogP contribution is -2.35. The monoisotopic (exact) mass is 317 g/mol. The zero-order valence-electron chi connectivity index (χ0n) is 14.4. The summed E-state index contributed by atoms with van der Waals surface area (Å²) < 4.78 is 10.8. The molecule has 0 radical (unpaired) electrons. The van der Waals surface area contributed by atoms with Crippen LogP contribution in [0.25, 0.3) is 0 Å². The van der Waals surface area contributed by atoms with Gasteiger partial charge in [-0.15, -0.1) is 0 Å². The lowest BCUT2D eigenvalue weighted by molar-refractivity contribution is -0.127. The molecule has 0 spiro atoms. The maximum absolute atomic E-state index is 11.7. The number of hydrogen-bond donors (Lipinski definition) is 1. The molecule has 0 aromatic heterocycles. The summed E-state index contributed by atoms with van der Waals surface area (Å²) in [6.07, 6.45) is 0.463. The Balaban J connectivity index is 3.42. The van der Waals surface area contributed by atoms with Crippen molar-refractivity contribution in [3.63, 3.8) is 0 Å². The van der Waals surface area contributed by atoms with E-state index in [2.05, 4.69) is 26.1 Å². The van der Waals surface area contributed by atoms with Crippen LogP contribution in [0.3, 0.4) is 0 Å². The molecule has 0 saturated heterocycles. The van der Waals surface area contributed by atoms with Crippen LogP contribution in [0.15, 0.2) is 0 Å². The summed E-state index contributed by atoms with van der Waals surface area (Å²) in [5, 5.41) is 3.18. The summed E-state index contributed by atoms with van der Waals surface area (Å²) in [5.74, 6) is 0.225. The fraction of sp³-hybridized carbons (Fsp3) is 0.875. The molecule has 0 unspecified atom stereocenters. The number of carbonyl (C=O) groups is 1. The average Bonchev–Trinajstić information content (AvgIpc) is 2.33. The second-order valence-electron chi connectivity index (χ2n) is 7.15. The number of rotatable bonds is 9. The number of nitrogens with one attached hydrogen (secondary N) is 1. The SMILES string of the molecule is CC(C)(C)C(=O)CCOCCOCCNC(=S)C(C)(C)C. The number of thiocarbonyl (C=S) groups is 1. The van der Waals surface area contributed by atoms with Gasteiger partial charge in [0.05, 0.1) is 31.4 Å². The van der Waals surface area contributed by atoms with Crippen molar-refractivity contribution in [1.29, 1.82) is 0 Å². The highest BCUT2D eigenvalue weighted by Crippen LogP contribution is 2.16. The smallest absolute Gasteiger partial charge is 0.140 e. The van der Waals surface area contributed by atoms with Crippen LogP contribution in [-0.4, -0.2) is 43.7 Å². The summed E-state index contributed by atoms with van der Waals surface area (Å²) in [5.41, 5.74) is -0.283. The van der Waals surface area contributed by atoms with E-state index in [-0.39, 0.29) is 16.6 Å². The highest BCUT2D eigenvalue weighted by Gasteiger charge is 2.20. The van der Waals surface area contributed by atoms with Gasteiger partial charge in [0.2, 0.25) is 0 Å². The number of ether oxygens (including phenoxy) is 2. The third-order valence-electron chi connectivity index (χ3n) is 2.90. The van der Waals surface area contributed by atoms with Crippen molar-refractivity contribution in [2.24, 2.45) is 10.8 Å². The molecule has 0 aliphatic rings. The van der Waals surface area contributed by atoms with Gasteiger partial charge in [0.15, 0.2) is 0 Å². The minimum atomic E-state index is -0.281. The molecular formula is C16H31NO3S. The molecular weight excluding hydrogens is 286 g/mol. The third kappa shape index (κ3) is 10.8. The molecule has 124 valence electrons. The summed E-state index contributed by atoms with van der Waals surface area (Å²) in [7, 11) is 0. The lowest BCUT2D eigenvalue weighted by atomic mass is 9.89. The van der Waals surface area contributed by atoms with Gasteiger partial charge in [-0.2, -0.15) is 0 Å². The number of Topliss-reactive ketones (excluding diaryl/α,β-unsaturated/α-hetero) is 1. The molecule has 0 atom stereocenters. The Bertz CT molecular complexity index is 297. The van der Waals surface area contributed by atoms with Gasteiger partial charge in [-0.25, -0.2) is 0 Å². The van der Waals surface area contributed by atoms with Crippen LogP contribution in [-0.2, 0) is 14.3 Å². The quantitative estimate of drug-likeness (QED) is 0.523. The molecule has 1 N–H and O–H groups in total. The van der Waals surface area contributed by atoms with Gasteiger partial charge in [-0.05, 0) is 0 Å². The van der Waals surface area contributed by atoms with E-state index in [4.69, 9.17) is 21.7 Å². The van der Waals surface area contributed by atoms with E-state index in [0.717, 1.165) is 4.99 Å². The van der Waals surface area contributed by atoms with Gasteiger partial charge >= 0.3 is 0 Å². The predicted molar refractivity (Wildman–Crippen MR) is 90.8 cm³/mol. The van der Waals surface area contributed by atoms with Crippen molar-refractivity contribution in [2.45, 2.75) is 48.0 Å². The average molecular weight is 317 g/mol. The normalized spacial score (nSPS) is 12.3. The van der Waals surface area contributed by atoms with Gasteiger partial charge in [0, 0.05) is 23.8 Å². The molecule has 5 heteroatoms. The second-order valence-corrected chi connectivity index (χ2v) is 7.56. The topological polar surface area (TPSA) is 47.6 Å². The third-order valence-corrected chi connectivity index (χ3v) is 3.65. The molecule has 0 heterocycles. The molecule has 0 aliphatic carbocycles. The fourth-order valence-corrected chi connectivity index (χ4v) is 1.47. The van der Waals surface area contributed by atoms with E-state index in [0.29, 0.717) is 39.4 Å². The summed E-state index contributed by atoms with van der Waals surface area (Å²) in [6, 6.07) is 0. The summed E-state index contributed by atoms with van der Waals surface area (Å²) in [4.78, 5) is 12.5. The molecule has 0 amide bonds. The van der Waals surface area contributed by atoms with E-state index >= 15 is 0 Å². The van der Waals surface area contributed by atoms with Crippen LogP contribution in [0, 0.1) is 10.8 Å². The maximum Gasteiger partial charge on any atom is 0.140 e. The maximum atomic E-state index is 11.7. The minimum absolute atomic E-state index is 0.00195. The Morgan fingerprint density at radius 2 is 1.43 bits per heavy atom. The molecule has 21 heavy (non-hydrogen) atoms. The zero-order chi connectivity index (χ0) is 16.5. The number of carbonyl (C=O) groups excluding carboxylic acids is 1. The first-order valence-corrected chi connectivity index (χ1v) is 7.93. The molecule has 0 saturated carbocycles. The van der Waals surface area contributed by atoms with E-state index in [1.54, 1.807) is 0 Å². The lowest BCUT2D eigenvalue weighted by Gasteiger charge is -2.21. The molecule has 4 nitrogen and oxygen atoms in total. The molecule has 0 aliphatic heterocycles. The standard InChI is InChI=1S/C16H31NO3S/c1-15(2,3)13(18)7-9-19-11-12-20-10-8-17-14(21)16(4,5)6/h7-12H2,1-6H3,(H,17,21). The highest BCUT2D eigenvalue weighted by molar-refractivity contribution is 7.80. The van der Waals surface area contributed by atoms with Crippen molar-refractivity contribution in [3.8, 4) is 0 Å². The van der Waals surface area contributed by atoms with Gasteiger partial charge in [0.25, 0.3) is 0 Å². The summed E-state index contributed by atoms with van der Waals surface area (Å²) in [6.45, 7) is 14.8. The molecule has 0 rings (SSSR count). The van der Waals surface area contributed by atoms with E-state index in [1.165, 1.54) is 0 Å². The largest absolute Gasteiger partial charge is 0.379 e. The molecule has 0 aromatic rings. The van der Waals surface area contributed by atoms with Gasteiger partial charge in [-0.3, -0.25) is 4.79 Å². The Labute approximate surface area is 135 Å². The second kappa shape index (κ2) is 9.49. The number of hydrogen-bond acceptors (Lipinski definition) is 4. The van der Waals surface area contributed by atoms with Crippen LogP contribution >= 0.6 is 12.2 Å². The Hall–Kier alpha value is -0.520. The van der Waals surface area contributed by atoms with Crippen molar-refractivity contribution in [1.82, 2.24) is 5.32 Å². The first-order chi connectivity index (χ1) is 9.55. The van der Waals surface area contributed by atoms with Crippen molar-refractivity contribution >= 4 is 23.0 Å². The highest BCUT2D eigenvalue weighted by atomic mass is 32.1. The van der Waals surface area contributed by atoms with Crippen LogP contribution in [0.1, 0.15) is 48.0 Å². The van der Waals surface area contributed by atoms with Crippen LogP contribution in [0.4, 0.5) is 0 Å². The first kappa shape index (κ1) is 20.5. The van der Waals surface area contributed by atoms with Crippen LogP contribution in [0.2, 0.25) is 0 Å². The number of ketones is 1. The molecule has 0 bridgehead atoms. The fourth-order valence-electron chi connectivity index (χ4n) is 1.36. The predicted octanol–water partition coefficient (Wildman–Crippen LogP) is 2.99. The first-order valence-electron chi connectivity index (χ1n) is 7.52. The Kier molecular flexibility index (Phi) is 9.25. The van der Waals surface area contributed by atoms with E-state index in [1.807, 2.05) is 20.8 Å². The van der Waals surface area contributed by atoms with Crippen molar-refractivity contribution in [2.75, 3.05) is 33.0 Å². The van der Waals surface area contributed by atoms with Crippen molar-refractivity contribution < 1.29 is 14.3 Å². The van der Waals surface area contributed by atoms with Crippen LogP contribution < -0.4 is 5.32 Å². The van der Waals surface area contributed by atoms with E-state index < -0.39 is 0 Å². The zero-order valence-corrected chi connectivity index (χ0v) is 15.2. The minimum Gasteiger partial charge on any atom is -0.379 e. The summed E-state index contributed by atoms with van der Waals surface area (Å²) >= 11 is 5.26. The Morgan fingerprint density at radius 3 is 1.90 bits per heavy atom. The van der Waals surface area contributed by atoms with Gasteiger partial charge in [-0.1, -0.05) is 53.8 Å². The molecule has 0 aromatic carbocycles.